The normalized spacial score (nSPS) is 16.2. The second kappa shape index (κ2) is 7.62. The van der Waals surface area contributed by atoms with Crippen LogP contribution in [0.25, 0.3) is 16.6 Å². The van der Waals surface area contributed by atoms with Crippen LogP contribution in [0.4, 0.5) is 18.9 Å². The number of carboxylic acid groups (broad SMARTS) is 1. The van der Waals surface area contributed by atoms with E-state index in [0.29, 0.717) is 25.6 Å². The zero-order valence-electron chi connectivity index (χ0n) is 16.4. The lowest BCUT2D eigenvalue weighted by atomic mass is 10.1. The van der Waals surface area contributed by atoms with Crippen LogP contribution in [0.15, 0.2) is 35.3 Å². The molecular weight excluding hydrogens is 415 g/mol. The molecule has 1 aromatic heterocycles. The topological polar surface area (TPSA) is 97.8 Å². The van der Waals surface area contributed by atoms with Crippen LogP contribution in [0.3, 0.4) is 0 Å². The number of methoxy groups -OCH3 is 1. The molecule has 0 saturated carbocycles. The zero-order chi connectivity index (χ0) is 22.4. The summed E-state index contributed by atoms with van der Waals surface area (Å²) in [6.07, 6.45) is 1.53. The van der Waals surface area contributed by atoms with Crippen LogP contribution in [-0.4, -0.2) is 41.9 Å². The van der Waals surface area contributed by atoms with Gasteiger partial charge in [0.25, 0.3) is 0 Å². The molecule has 1 saturated heterocycles. The largest absolute Gasteiger partial charge is 0.492 e. The molecule has 3 aromatic rings. The molecule has 2 aromatic carbocycles. The van der Waals surface area contributed by atoms with Crippen molar-refractivity contribution in [3.05, 3.63) is 63.7 Å². The summed E-state index contributed by atoms with van der Waals surface area (Å²) in [7, 11) is 1.26. The van der Waals surface area contributed by atoms with Gasteiger partial charge in [-0.15, -0.1) is 0 Å². The van der Waals surface area contributed by atoms with E-state index in [1.54, 1.807) is 4.90 Å². The Morgan fingerprint density at radius 2 is 1.97 bits per heavy atom. The van der Waals surface area contributed by atoms with Gasteiger partial charge in [-0.2, -0.15) is 0 Å². The van der Waals surface area contributed by atoms with Crippen LogP contribution in [0.5, 0.6) is 5.75 Å². The SMILES string of the molecule is COc1c(N2CCC(N)C2)c(F)cc2c(=O)c(C(=O)O)cn(-c3ccc(F)cc3F)c12. The first-order valence-corrected chi connectivity index (χ1v) is 9.38. The lowest BCUT2D eigenvalue weighted by Crippen LogP contribution is -2.28. The fourth-order valence-corrected chi connectivity index (χ4v) is 3.91. The first-order chi connectivity index (χ1) is 14.7. The minimum atomic E-state index is -1.57. The van der Waals surface area contributed by atoms with Crippen molar-refractivity contribution in [1.29, 1.82) is 0 Å². The maximum Gasteiger partial charge on any atom is 0.341 e. The molecule has 1 unspecified atom stereocenters. The Bertz CT molecular complexity index is 1280. The average molecular weight is 433 g/mol. The molecule has 3 N–H and O–H groups in total. The minimum absolute atomic E-state index is 0.0293. The van der Waals surface area contributed by atoms with Crippen LogP contribution < -0.4 is 20.8 Å². The second-order valence-corrected chi connectivity index (χ2v) is 7.27. The number of anilines is 1. The maximum atomic E-state index is 15.1. The summed E-state index contributed by atoms with van der Waals surface area (Å²) in [4.78, 5) is 26.1. The van der Waals surface area contributed by atoms with Gasteiger partial charge in [-0.05, 0) is 24.6 Å². The molecule has 0 bridgehead atoms. The van der Waals surface area contributed by atoms with E-state index in [1.165, 1.54) is 7.11 Å². The van der Waals surface area contributed by atoms with Gasteiger partial charge in [0.1, 0.15) is 28.4 Å². The van der Waals surface area contributed by atoms with Crippen LogP contribution in [0.2, 0.25) is 0 Å². The molecule has 162 valence electrons. The van der Waals surface area contributed by atoms with Gasteiger partial charge in [0.15, 0.2) is 11.6 Å². The number of fused-ring (bicyclic) bond motifs is 1. The van der Waals surface area contributed by atoms with Gasteiger partial charge < -0.3 is 25.0 Å². The first kappa shape index (κ1) is 20.7. The first-order valence-electron chi connectivity index (χ1n) is 9.38. The molecule has 7 nitrogen and oxygen atoms in total. The van der Waals surface area contributed by atoms with E-state index < -0.39 is 34.4 Å². The highest BCUT2D eigenvalue weighted by molar-refractivity contribution is 5.97. The number of aromatic carboxylic acids is 1. The smallest absolute Gasteiger partial charge is 0.341 e. The third kappa shape index (κ3) is 3.38. The summed E-state index contributed by atoms with van der Waals surface area (Å²) >= 11 is 0. The van der Waals surface area contributed by atoms with Gasteiger partial charge in [0.2, 0.25) is 5.43 Å². The highest BCUT2D eigenvalue weighted by Crippen LogP contribution is 2.40. The maximum absolute atomic E-state index is 15.1. The van der Waals surface area contributed by atoms with Gasteiger partial charge >= 0.3 is 5.97 Å². The quantitative estimate of drug-likeness (QED) is 0.657. The van der Waals surface area contributed by atoms with Crippen LogP contribution in [-0.2, 0) is 0 Å². The van der Waals surface area contributed by atoms with Crippen molar-refractivity contribution in [2.75, 3.05) is 25.1 Å². The molecule has 31 heavy (non-hydrogen) atoms. The van der Waals surface area contributed by atoms with Crippen molar-refractivity contribution in [3.63, 3.8) is 0 Å². The highest BCUT2D eigenvalue weighted by Gasteiger charge is 2.29. The van der Waals surface area contributed by atoms with E-state index in [0.717, 1.165) is 29.0 Å². The number of halogens is 3. The molecule has 0 aliphatic carbocycles. The standard InChI is InChI=1S/C21H18F3N3O4/c1-31-20-17-12(7-15(24)18(20)26-5-4-11(25)8-26)19(28)13(21(29)30)9-27(17)16-3-2-10(22)6-14(16)23/h2-3,6-7,9,11H,4-5,8,25H2,1H3,(H,29,30). The number of nitrogens with two attached hydrogens (primary N) is 1. The number of carbonyl (C=O) groups is 1. The van der Waals surface area contributed by atoms with E-state index in [-0.39, 0.29) is 34.1 Å². The Morgan fingerprint density at radius 1 is 1.23 bits per heavy atom. The predicted molar refractivity (Wildman–Crippen MR) is 108 cm³/mol. The van der Waals surface area contributed by atoms with Crippen molar-refractivity contribution in [3.8, 4) is 11.4 Å². The Balaban J connectivity index is 2.15. The fourth-order valence-electron chi connectivity index (χ4n) is 3.91. The van der Waals surface area contributed by atoms with Crippen molar-refractivity contribution < 1.29 is 27.8 Å². The van der Waals surface area contributed by atoms with Crippen molar-refractivity contribution in [1.82, 2.24) is 4.57 Å². The van der Waals surface area contributed by atoms with E-state index in [4.69, 9.17) is 10.5 Å². The number of hydrogen-bond acceptors (Lipinski definition) is 5. The fraction of sp³-hybridized carbons (Fsp3) is 0.238. The molecule has 0 amide bonds. The van der Waals surface area contributed by atoms with Crippen molar-refractivity contribution >= 4 is 22.6 Å². The van der Waals surface area contributed by atoms with E-state index in [1.807, 2.05) is 0 Å². The van der Waals surface area contributed by atoms with Crippen LogP contribution in [0.1, 0.15) is 16.8 Å². The summed E-state index contributed by atoms with van der Waals surface area (Å²) in [5.41, 5.74) is 4.04. The molecule has 1 aliphatic heterocycles. The molecular formula is C21H18F3N3O4. The second-order valence-electron chi connectivity index (χ2n) is 7.27. The summed E-state index contributed by atoms with van der Waals surface area (Å²) in [5.74, 6) is -4.30. The number of pyridine rings is 1. The third-order valence-electron chi connectivity index (χ3n) is 5.32. The number of ether oxygens (including phenoxy) is 1. The van der Waals surface area contributed by atoms with Gasteiger partial charge in [-0.3, -0.25) is 4.79 Å². The molecule has 10 heteroatoms. The number of aromatic nitrogens is 1. The average Bonchev–Trinajstić information content (AvgIpc) is 3.13. The Hall–Kier alpha value is -3.53. The van der Waals surface area contributed by atoms with Crippen molar-refractivity contribution in [2.24, 2.45) is 5.73 Å². The third-order valence-corrected chi connectivity index (χ3v) is 5.32. The minimum Gasteiger partial charge on any atom is -0.492 e. The molecule has 1 aliphatic rings. The zero-order valence-corrected chi connectivity index (χ0v) is 16.4. The number of rotatable bonds is 4. The lowest BCUT2D eigenvalue weighted by Gasteiger charge is -2.24. The molecule has 0 spiro atoms. The lowest BCUT2D eigenvalue weighted by molar-refractivity contribution is 0.0695. The Kier molecular flexibility index (Phi) is 5.10. The number of benzene rings is 2. The summed E-state index contributed by atoms with van der Waals surface area (Å²) in [6.45, 7) is 0.767. The van der Waals surface area contributed by atoms with Crippen LogP contribution in [0, 0.1) is 17.5 Å². The molecule has 1 atom stereocenters. The number of nitrogens with zero attached hydrogens (tertiary/aromatic N) is 2. The predicted octanol–water partition coefficient (Wildman–Crippen LogP) is 2.65. The molecule has 0 radical (unpaired) electrons. The summed E-state index contributed by atoms with van der Waals surface area (Å²) < 4.78 is 49.8. The van der Waals surface area contributed by atoms with Gasteiger partial charge in [0, 0.05) is 31.4 Å². The number of carboxylic acids is 1. The summed E-state index contributed by atoms with van der Waals surface area (Å²) in [5, 5.41) is 9.13. The monoisotopic (exact) mass is 433 g/mol. The van der Waals surface area contributed by atoms with E-state index in [9.17, 15) is 23.5 Å². The van der Waals surface area contributed by atoms with Crippen LogP contribution >= 0.6 is 0 Å². The number of hydrogen-bond donors (Lipinski definition) is 2. The molecule has 4 rings (SSSR count). The van der Waals surface area contributed by atoms with E-state index >= 15 is 4.39 Å². The molecule has 1 fully saturated rings. The Morgan fingerprint density at radius 3 is 2.55 bits per heavy atom. The van der Waals surface area contributed by atoms with Crippen molar-refractivity contribution in [2.45, 2.75) is 12.5 Å². The summed E-state index contributed by atoms with van der Waals surface area (Å²) in [6, 6.07) is 3.42. The Labute approximate surface area is 174 Å². The van der Waals surface area contributed by atoms with Gasteiger partial charge in [-0.25, -0.2) is 18.0 Å². The highest BCUT2D eigenvalue weighted by atomic mass is 19.1. The van der Waals surface area contributed by atoms with E-state index in [2.05, 4.69) is 0 Å². The molecule has 2 heterocycles. The van der Waals surface area contributed by atoms with Gasteiger partial charge in [-0.1, -0.05) is 0 Å². The van der Waals surface area contributed by atoms with Gasteiger partial charge in [0.05, 0.1) is 18.2 Å².